The van der Waals surface area contributed by atoms with E-state index in [1.165, 1.54) is 17.7 Å². The van der Waals surface area contributed by atoms with Crippen molar-refractivity contribution in [1.82, 2.24) is 5.32 Å². The molecule has 1 unspecified atom stereocenters. The van der Waals surface area contributed by atoms with Gasteiger partial charge in [-0.05, 0) is 36.2 Å². The third kappa shape index (κ3) is 4.44. The van der Waals surface area contributed by atoms with Crippen LogP contribution in [0.2, 0.25) is 0 Å². The number of halogens is 1. The van der Waals surface area contributed by atoms with E-state index in [0.29, 0.717) is 6.61 Å². The number of hydrogen-bond donors (Lipinski definition) is 1. The molecular weight excluding hydrogens is 253 g/mol. The second-order valence-corrected chi connectivity index (χ2v) is 4.75. The van der Waals surface area contributed by atoms with E-state index in [4.69, 9.17) is 4.74 Å². The van der Waals surface area contributed by atoms with E-state index in [9.17, 15) is 4.39 Å². The quantitative estimate of drug-likeness (QED) is 0.835. The summed E-state index contributed by atoms with van der Waals surface area (Å²) < 4.78 is 18.1. The van der Waals surface area contributed by atoms with Crippen LogP contribution in [0.3, 0.4) is 0 Å². The Morgan fingerprint density at radius 2 is 1.75 bits per heavy atom. The third-order valence-electron chi connectivity index (χ3n) is 3.25. The van der Waals surface area contributed by atoms with Crippen molar-refractivity contribution in [2.24, 2.45) is 0 Å². The van der Waals surface area contributed by atoms with Crippen LogP contribution >= 0.6 is 0 Å². The summed E-state index contributed by atoms with van der Waals surface area (Å²) >= 11 is 0. The van der Waals surface area contributed by atoms with Gasteiger partial charge in [0.05, 0.1) is 12.6 Å². The van der Waals surface area contributed by atoms with Crippen molar-refractivity contribution < 1.29 is 9.13 Å². The molecule has 0 heterocycles. The van der Waals surface area contributed by atoms with Gasteiger partial charge in [-0.2, -0.15) is 0 Å². The van der Waals surface area contributed by atoms with Gasteiger partial charge in [0, 0.05) is 7.11 Å². The first-order chi connectivity index (χ1) is 9.79. The SMILES string of the molecule is COCC(NCCc1ccc(F)cc1)c1ccccc1. The van der Waals surface area contributed by atoms with Gasteiger partial charge in [-0.1, -0.05) is 42.5 Å². The molecule has 0 radical (unpaired) electrons. The lowest BCUT2D eigenvalue weighted by Gasteiger charge is -2.18. The standard InChI is InChI=1S/C17H20FNO/c1-20-13-17(15-5-3-2-4-6-15)19-12-11-14-7-9-16(18)10-8-14/h2-10,17,19H,11-13H2,1H3. The maximum absolute atomic E-state index is 12.8. The van der Waals surface area contributed by atoms with Crippen molar-refractivity contribution in [3.8, 4) is 0 Å². The van der Waals surface area contributed by atoms with Gasteiger partial charge in [0.15, 0.2) is 0 Å². The van der Waals surface area contributed by atoms with Crippen molar-refractivity contribution >= 4 is 0 Å². The van der Waals surface area contributed by atoms with Crippen LogP contribution in [0.25, 0.3) is 0 Å². The number of ether oxygens (including phenoxy) is 1. The highest BCUT2D eigenvalue weighted by atomic mass is 19.1. The monoisotopic (exact) mass is 273 g/mol. The molecule has 2 aromatic rings. The molecule has 0 saturated carbocycles. The van der Waals surface area contributed by atoms with Gasteiger partial charge in [0.1, 0.15) is 5.82 Å². The summed E-state index contributed by atoms with van der Waals surface area (Å²) in [6.45, 7) is 1.46. The fraction of sp³-hybridized carbons (Fsp3) is 0.294. The molecular formula is C17H20FNO. The van der Waals surface area contributed by atoms with Crippen LogP contribution in [-0.2, 0) is 11.2 Å². The average molecular weight is 273 g/mol. The first kappa shape index (κ1) is 14.7. The fourth-order valence-electron chi connectivity index (χ4n) is 2.17. The van der Waals surface area contributed by atoms with Crippen molar-refractivity contribution in [1.29, 1.82) is 0 Å². The van der Waals surface area contributed by atoms with E-state index in [1.54, 1.807) is 7.11 Å². The lowest BCUT2D eigenvalue weighted by Crippen LogP contribution is -2.27. The normalized spacial score (nSPS) is 12.3. The summed E-state index contributed by atoms with van der Waals surface area (Å²) in [4.78, 5) is 0. The molecule has 106 valence electrons. The molecule has 0 aliphatic carbocycles. The Kier molecular flexibility index (Phi) is 5.71. The van der Waals surface area contributed by atoms with Crippen LogP contribution in [0.1, 0.15) is 17.2 Å². The molecule has 20 heavy (non-hydrogen) atoms. The topological polar surface area (TPSA) is 21.3 Å². The Morgan fingerprint density at radius 1 is 1.05 bits per heavy atom. The summed E-state index contributed by atoms with van der Waals surface area (Å²) in [5.74, 6) is -0.191. The van der Waals surface area contributed by atoms with Gasteiger partial charge in [-0.25, -0.2) is 4.39 Å². The minimum absolute atomic E-state index is 0.182. The second-order valence-electron chi connectivity index (χ2n) is 4.75. The number of nitrogens with one attached hydrogen (secondary N) is 1. The van der Waals surface area contributed by atoms with Gasteiger partial charge in [-0.15, -0.1) is 0 Å². The van der Waals surface area contributed by atoms with Gasteiger partial charge in [0.25, 0.3) is 0 Å². The van der Waals surface area contributed by atoms with Crippen LogP contribution in [0.5, 0.6) is 0 Å². The molecule has 0 saturated heterocycles. The average Bonchev–Trinajstić information content (AvgIpc) is 2.49. The Balaban J connectivity index is 1.88. The minimum atomic E-state index is -0.191. The van der Waals surface area contributed by atoms with Crippen LogP contribution < -0.4 is 5.32 Å². The smallest absolute Gasteiger partial charge is 0.123 e. The maximum Gasteiger partial charge on any atom is 0.123 e. The number of hydrogen-bond acceptors (Lipinski definition) is 2. The molecule has 0 aromatic heterocycles. The molecule has 0 spiro atoms. The highest BCUT2D eigenvalue weighted by Crippen LogP contribution is 2.13. The summed E-state index contributed by atoms with van der Waals surface area (Å²) in [5, 5.41) is 3.48. The number of benzene rings is 2. The molecule has 2 aromatic carbocycles. The Morgan fingerprint density at radius 3 is 2.40 bits per heavy atom. The number of rotatable bonds is 7. The van der Waals surface area contributed by atoms with E-state index in [-0.39, 0.29) is 11.9 Å². The Hall–Kier alpha value is -1.71. The largest absolute Gasteiger partial charge is 0.383 e. The predicted octanol–water partition coefficient (Wildman–Crippen LogP) is 3.35. The molecule has 0 amide bonds. The maximum atomic E-state index is 12.8. The molecule has 2 nitrogen and oxygen atoms in total. The van der Waals surface area contributed by atoms with E-state index in [1.807, 2.05) is 30.3 Å². The van der Waals surface area contributed by atoms with Gasteiger partial charge in [-0.3, -0.25) is 0 Å². The van der Waals surface area contributed by atoms with Crippen molar-refractivity contribution in [2.75, 3.05) is 20.3 Å². The van der Waals surface area contributed by atoms with Crippen LogP contribution in [0, 0.1) is 5.82 Å². The zero-order chi connectivity index (χ0) is 14.2. The van der Waals surface area contributed by atoms with Crippen LogP contribution in [0.4, 0.5) is 4.39 Å². The third-order valence-corrected chi connectivity index (χ3v) is 3.25. The zero-order valence-corrected chi connectivity index (χ0v) is 11.7. The molecule has 2 rings (SSSR count). The van der Waals surface area contributed by atoms with Gasteiger partial charge >= 0.3 is 0 Å². The minimum Gasteiger partial charge on any atom is -0.383 e. The summed E-state index contributed by atoms with van der Waals surface area (Å²) in [6.07, 6.45) is 0.868. The molecule has 3 heteroatoms. The lowest BCUT2D eigenvalue weighted by molar-refractivity contribution is 0.167. The first-order valence-corrected chi connectivity index (χ1v) is 6.81. The summed E-state index contributed by atoms with van der Waals surface area (Å²) in [7, 11) is 1.71. The molecule has 0 bridgehead atoms. The molecule has 1 N–H and O–H groups in total. The fourth-order valence-corrected chi connectivity index (χ4v) is 2.17. The first-order valence-electron chi connectivity index (χ1n) is 6.81. The number of methoxy groups -OCH3 is 1. The predicted molar refractivity (Wildman–Crippen MR) is 79.2 cm³/mol. The second kappa shape index (κ2) is 7.78. The van der Waals surface area contributed by atoms with E-state index >= 15 is 0 Å². The lowest BCUT2D eigenvalue weighted by atomic mass is 10.1. The van der Waals surface area contributed by atoms with Crippen molar-refractivity contribution in [2.45, 2.75) is 12.5 Å². The van der Waals surface area contributed by atoms with Gasteiger partial charge in [0.2, 0.25) is 0 Å². The van der Waals surface area contributed by atoms with E-state index < -0.39 is 0 Å². The van der Waals surface area contributed by atoms with E-state index in [2.05, 4.69) is 17.4 Å². The Labute approximate surface area is 119 Å². The van der Waals surface area contributed by atoms with E-state index in [0.717, 1.165) is 18.5 Å². The van der Waals surface area contributed by atoms with Crippen molar-refractivity contribution in [3.05, 3.63) is 71.5 Å². The molecule has 0 aliphatic rings. The van der Waals surface area contributed by atoms with Crippen LogP contribution in [0.15, 0.2) is 54.6 Å². The molecule has 0 aliphatic heterocycles. The Bertz CT molecular complexity index is 498. The highest BCUT2D eigenvalue weighted by Gasteiger charge is 2.09. The van der Waals surface area contributed by atoms with Crippen LogP contribution in [-0.4, -0.2) is 20.3 Å². The summed E-state index contributed by atoms with van der Waals surface area (Å²) in [5.41, 5.74) is 2.34. The molecule has 0 fully saturated rings. The zero-order valence-electron chi connectivity index (χ0n) is 11.7. The van der Waals surface area contributed by atoms with Crippen molar-refractivity contribution in [3.63, 3.8) is 0 Å². The molecule has 1 atom stereocenters. The van der Waals surface area contributed by atoms with Gasteiger partial charge < -0.3 is 10.1 Å². The summed E-state index contributed by atoms with van der Waals surface area (Å²) in [6, 6.07) is 17.1. The highest BCUT2D eigenvalue weighted by molar-refractivity contribution is 5.19.